The minimum absolute atomic E-state index is 0.349. The van der Waals surface area contributed by atoms with E-state index in [2.05, 4.69) is 11.8 Å². The summed E-state index contributed by atoms with van der Waals surface area (Å²) in [4.78, 5) is 13.2. The first-order chi connectivity index (χ1) is 12.4. The first-order valence-corrected chi connectivity index (χ1v) is 9.41. The van der Waals surface area contributed by atoms with Gasteiger partial charge in [-0.05, 0) is 42.9 Å². The van der Waals surface area contributed by atoms with Crippen molar-refractivity contribution in [1.29, 1.82) is 0 Å². The smallest absolute Gasteiger partial charge is 0.341 e. The molecular weight excluding hydrogens is 334 g/mol. The number of hydrogen-bond donors (Lipinski definition) is 2. The van der Waals surface area contributed by atoms with E-state index >= 15 is 0 Å². The third kappa shape index (κ3) is 3.96. The van der Waals surface area contributed by atoms with Crippen LogP contribution in [0.5, 0.6) is 11.5 Å². The number of carboxylic acids is 1. The van der Waals surface area contributed by atoms with Crippen molar-refractivity contribution in [2.24, 2.45) is 11.8 Å². The van der Waals surface area contributed by atoms with Crippen molar-refractivity contribution in [3.8, 4) is 11.5 Å². The number of rotatable bonds is 7. The van der Waals surface area contributed by atoms with Gasteiger partial charge in [0.15, 0.2) is 18.1 Å². The van der Waals surface area contributed by atoms with Gasteiger partial charge >= 0.3 is 5.97 Å². The van der Waals surface area contributed by atoms with Gasteiger partial charge in [-0.3, -0.25) is 4.90 Å². The zero-order chi connectivity index (χ0) is 18.7. The lowest BCUT2D eigenvalue weighted by atomic mass is 9.69. The third-order valence-corrected chi connectivity index (χ3v) is 5.99. The molecule has 1 saturated heterocycles. The molecule has 2 aliphatic rings. The normalized spacial score (nSPS) is 28.6. The van der Waals surface area contributed by atoms with Crippen molar-refractivity contribution >= 4 is 5.97 Å². The molecule has 2 N–H and O–H groups in total. The minimum Gasteiger partial charge on any atom is -0.493 e. The number of fused-ring (bicyclic) bond motifs is 1. The molecule has 26 heavy (non-hydrogen) atoms. The summed E-state index contributed by atoms with van der Waals surface area (Å²) in [5.41, 5.74) is 0.540. The van der Waals surface area contributed by atoms with Gasteiger partial charge in [0, 0.05) is 25.6 Å². The van der Waals surface area contributed by atoms with E-state index in [0.29, 0.717) is 23.3 Å². The summed E-state index contributed by atoms with van der Waals surface area (Å²) in [6.45, 7) is 4.37. The largest absolute Gasteiger partial charge is 0.493 e. The summed E-state index contributed by atoms with van der Waals surface area (Å²) < 4.78 is 10.6. The van der Waals surface area contributed by atoms with Crippen molar-refractivity contribution in [3.05, 3.63) is 23.8 Å². The summed E-state index contributed by atoms with van der Waals surface area (Å²) in [6, 6.07) is 5.66. The second-order valence-corrected chi connectivity index (χ2v) is 7.58. The van der Waals surface area contributed by atoms with Gasteiger partial charge < -0.3 is 19.7 Å². The van der Waals surface area contributed by atoms with Gasteiger partial charge in [0.05, 0.1) is 12.7 Å². The lowest BCUT2D eigenvalue weighted by molar-refractivity contribution is -0.139. The zero-order valence-electron chi connectivity index (χ0n) is 15.6. The molecule has 1 heterocycles. The number of aliphatic hydroxyl groups is 1. The van der Waals surface area contributed by atoms with Crippen molar-refractivity contribution in [3.63, 3.8) is 0 Å². The first-order valence-electron chi connectivity index (χ1n) is 9.41. The Bertz CT molecular complexity index is 649. The molecule has 144 valence electrons. The highest BCUT2D eigenvalue weighted by Crippen LogP contribution is 2.44. The standard InChI is InChI=1S/C20H29NO5/c1-3-20(24)8-4-5-15-11-21(12-16(15)20)10-14-6-7-17(25-2)18(9-14)26-13-19(22)23/h6-7,9,15-16,24H,3-5,8,10-13H2,1-2H3,(H,22,23)/t15-,16+,20-/m1/s1. The summed E-state index contributed by atoms with van der Waals surface area (Å²) >= 11 is 0. The topological polar surface area (TPSA) is 79.2 Å². The maximum atomic E-state index is 10.9. The number of carboxylic acid groups (broad SMARTS) is 1. The van der Waals surface area contributed by atoms with E-state index in [1.54, 1.807) is 7.11 Å². The van der Waals surface area contributed by atoms with Crippen LogP contribution in [0.15, 0.2) is 18.2 Å². The molecule has 0 amide bonds. The molecule has 6 nitrogen and oxygen atoms in total. The second kappa shape index (κ2) is 7.84. The molecule has 2 fully saturated rings. The first kappa shape index (κ1) is 19.0. The van der Waals surface area contributed by atoms with Crippen LogP contribution in [0.1, 0.15) is 38.2 Å². The van der Waals surface area contributed by atoms with Gasteiger partial charge in [-0.25, -0.2) is 4.79 Å². The number of methoxy groups -OCH3 is 1. The fourth-order valence-electron chi connectivity index (χ4n) is 4.62. The summed E-state index contributed by atoms with van der Waals surface area (Å²) in [5, 5.41) is 19.8. The average molecular weight is 363 g/mol. The maximum Gasteiger partial charge on any atom is 0.341 e. The van der Waals surface area contributed by atoms with E-state index in [1.165, 1.54) is 6.42 Å². The van der Waals surface area contributed by atoms with E-state index in [1.807, 2.05) is 18.2 Å². The number of benzene rings is 1. The second-order valence-electron chi connectivity index (χ2n) is 7.58. The lowest BCUT2D eigenvalue weighted by Crippen LogP contribution is -2.44. The molecule has 1 aromatic carbocycles. The van der Waals surface area contributed by atoms with Crippen LogP contribution >= 0.6 is 0 Å². The van der Waals surface area contributed by atoms with Gasteiger partial charge in [-0.1, -0.05) is 19.4 Å². The Hall–Kier alpha value is -1.79. The van der Waals surface area contributed by atoms with Crippen LogP contribution in [0.3, 0.4) is 0 Å². The highest BCUT2D eigenvalue weighted by molar-refractivity contribution is 5.68. The summed E-state index contributed by atoms with van der Waals surface area (Å²) in [6.07, 6.45) is 4.03. The van der Waals surface area contributed by atoms with E-state index in [4.69, 9.17) is 14.6 Å². The van der Waals surface area contributed by atoms with Gasteiger partial charge in [0.1, 0.15) is 0 Å². The molecule has 1 aliphatic carbocycles. The molecule has 1 aromatic rings. The Morgan fingerprint density at radius 3 is 2.85 bits per heavy atom. The quantitative estimate of drug-likeness (QED) is 0.775. The maximum absolute atomic E-state index is 10.9. The monoisotopic (exact) mass is 363 g/mol. The SMILES string of the molecule is CC[C@@]1(O)CCC[C@@H]2CN(Cc3ccc(OC)c(OCC(=O)O)c3)C[C@@H]21. The van der Waals surface area contributed by atoms with Crippen LogP contribution in [0.25, 0.3) is 0 Å². The number of nitrogens with zero attached hydrogens (tertiary/aromatic N) is 1. The van der Waals surface area contributed by atoms with E-state index in [-0.39, 0.29) is 0 Å². The average Bonchev–Trinajstić information content (AvgIpc) is 3.04. The number of likely N-dealkylation sites (tertiary alicyclic amines) is 1. The summed E-state index contributed by atoms with van der Waals surface area (Å²) in [5.74, 6) is 0.886. The van der Waals surface area contributed by atoms with Crippen LogP contribution in [0.4, 0.5) is 0 Å². The Morgan fingerprint density at radius 1 is 1.35 bits per heavy atom. The van der Waals surface area contributed by atoms with Crippen molar-refractivity contribution in [2.45, 2.75) is 44.8 Å². The Kier molecular flexibility index (Phi) is 5.73. The van der Waals surface area contributed by atoms with Gasteiger partial charge in [-0.15, -0.1) is 0 Å². The molecule has 0 bridgehead atoms. The fraction of sp³-hybridized carbons (Fsp3) is 0.650. The van der Waals surface area contributed by atoms with E-state index in [0.717, 1.165) is 44.5 Å². The van der Waals surface area contributed by atoms with Crippen LogP contribution in [0, 0.1) is 11.8 Å². The Labute approximate surface area is 154 Å². The predicted octanol–water partition coefficient (Wildman–Crippen LogP) is 2.53. The molecule has 6 heteroatoms. The Balaban J connectivity index is 1.69. The molecular formula is C20H29NO5. The van der Waals surface area contributed by atoms with Crippen molar-refractivity contribution in [2.75, 3.05) is 26.8 Å². The Morgan fingerprint density at radius 2 is 2.15 bits per heavy atom. The van der Waals surface area contributed by atoms with Crippen molar-refractivity contribution in [1.82, 2.24) is 4.90 Å². The molecule has 0 unspecified atom stereocenters. The molecule has 0 radical (unpaired) electrons. The van der Waals surface area contributed by atoms with Gasteiger partial charge in [0.25, 0.3) is 0 Å². The van der Waals surface area contributed by atoms with Crippen molar-refractivity contribution < 1.29 is 24.5 Å². The molecule has 0 aromatic heterocycles. The number of hydrogen-bond acceptors (Lipinski definition) is 5. The number of aliphatic carboxylic acids is 1. The van der Waals surface area contributed by atoms with Crippen LogP contribution in [-0.2, 0) is 11.3 Å². The molecule has 0 spiro atoms. The molecule has 1 saturated carbocycles. The highest BCUT2D eigenvalue weighted by atomic mass is 16.5. The lowest BCUT2D eigenvalue weighted by Gasteiger charge is -2.40. The van der Waals surface area contributed by atoms with Gasteiger partial charge in [-0.2, -0.15) is 0 Å². The number of ether oxygens (including phenoxy) is 2. The minimum atomic E-state index is -1.01. The predicted molar refractivity (Wildman–Crippen MR) is 97.5 cm³/mol. The molecule has 3 rings (SSSR count). The molecule has 3 atom stereocenters. The molecule has 1 aliphatic heterocycles. The summed E-state index contributed by atoms with van der Waals surface area (Å²) in [7, 11) is 1.54. The van der Waals surface area contributed by atoms with E-state index < -0.39 is 18.2 Å². The fourth-order valence-corrected chi connectivity index (χ4v) is 4.62. The number of carbonyl (C=O) groups is 1. The van der Waals surface area contributed by atoms with Crippen LogP contribution < -0.4 is 9.47 Å². The van der Waals surface area contributed by atoms with Crippen LogP contribution in [-0.4, -0.2) is 53.5 Å². The highest BCUT2D eigenvalue weighted by Gasteiger charge is 2.47. The van der Waals surface area contributed by atoms with Gasteiger partial charge in [0.2, 0.25) is 0 Å². The third-order valence-electron chi connectivity index (χ3n) is 5.99. The van der Waals surface area contributed by atoms with Crippen LogP contribution in [0.2, 0.25) is 0 Å². The van der Waals surface area contributed by atoms with E-state index in [9.17, 15) is 9.90 Å². The zero-order valence-corrected chi connectivity index (χ0v) is 15.6.